The van der Waals surface area contributed by atoms with Crippen LogP contribution >= 0.6 is 0 Å². The third kappa shape index (κ3) is 4.38. The highest BCUT2D eigenvalue weighted by molar-refractivity contribution is 6.45. The minimum absolute atomic E-state index is 0.190. The lowest BCUT2D eigenvalue weighted by Crippen LogP contribution is -2.36. The maximum atomic E-state index is 12.7. The predicted molar refractivity (Wildman–Crippen MR) is 117 cm³/mol. The summed E-state index contributed by atoms with van der Waals surface area (Å²) in [6, 6.07) is 0. The molecule has 37 heavy (non-hydrogen) atoms. The first kappa shape index (κ1) is 22.1. The first-order valence-electron chi connectivity index (χ1n) is 10.1. The number of rotatable bonds is 6. The number of carbonyl (C=O) groups is 3. The summed E-state index contributed by atoms with van der Waals surface area (Å²) >= 11 is -3.93. The van der Waals surface area contributed by atoms with Crippen LogP contribution in [-0.2, 0) is 11.4 Å². The average Bonchev–Trinajstić information content (AvgIpc) is 3.67. The van der Waals surface area contributed by atoms with Crippen molar-refractivity contribution in [3.8, 4) is 0 Å². The summed E-state index contributed by atoms with van der Waals surface area (Å²) in [6.45, 7) is 0. The lowest BCUT2D eigenvalue weighted by Gasteiger charge is -2.12. The highest BCUT2D eigenvalue weighted by Crippen LogP contribution is 2.11. The molecule has 0 atom stereocenters. The number of imidazole rings is 3. The zero-order chi connectivity index (χ0) is 25.4. The van der Waals surface area contributed by atoms with Gasteiger partial charge in [0.05, 0.1) is 37.6 Å². The Morgan fingerprint density at radius 3 is 1.19 bits per heavy atom. The first-order chi connectivity index (χ1) is 18.0. The second-order valence-electron chi connectivity index (χ2n) is 7.00. The third-order valence-electron chi connectivity index (χ3n) is 4.68. The average molecular weight is 516 g/mol. The monoisotopic (exact) mass is 516 g/mol. The Morgan fingerprint density at radius 2 is 0.865 bits per heavy atom. The van der Waals surface area contributed by atoms with Crippen molar-refractivity contribution in [2.75, 3.05) is 0 Å². The largest absolute Gasteiger partial charge is 1.20 e. The second kappa shape index (κ2) is 8.99. The van der Waals surface area contributed by atoms with Gasteiger partial charge in [0.1, 0.15) is 16.6 Å². The van der Waals surface area contributed by atoms with Crippen LogP contribution in [0.4, 0.5) is 0 Å². The molecular weight excluding hydrogens is 507 g/mol. The summed E-state index contributed by atoms with van der Waals surface area (Å²) in [4.78, 5) is 81.8. The number of hydrogen-bond acceptors (Lipinski definition) is 15. The maximum absolute atomic E-state index is 12.7. The molecule has 0 aliphatic carbocycles. The Hall–Kier alpha value is -5.41. The molecule has 180 valence electrons. The molecule has 0 bridgehead atoms. The van der Waals surface area contributed by atoms with Crippen LogP contribution in [0, 0.1) is 0 Å². The molecule has 0 saturated carbocycles. The Bertz CT molecular complexity index is 1610. The van der Waals surface area contributed by atoms with Crippen molar-refractivity contribution in [1.82, 2.24) is 59.8 Å². The summed E-state index contributed by atoms with van der Waals surface area (Å²) in [7, 11) is 0. The summed E-state index contributed by atoms with van der Waals surface area (Å²) in [5.74, 6) is -4.62. The quantitative estimate of drug-likeness (QED) is 0.237. The van der Waals surface area contributed by atoms with E-state index in [0.717, 1.165) is 0 Å². The standard InChI is InChI=1S/3C6H4N4O2.Al/c3*11-6(12)5-7-1-3-4(10-5)9-2-8-3;/h3*1-2H,(H,11,12)(H,7,8,9,10);/q;;;+3/p-3. The number of hydrogen-bond donors (Lipinski definition) is 3. The Kier molecular flexibility index (Phi) is 5.36. The number of aromatic amines is 3. The molecular formula is C18H9AlN12O6. The van der Waals surface area contributed by atoms with Crippen LogP contribution in [0.25, 0.3) is 33.5 Å². The molecule has 0 amide bonds. The molecule has 0 unspecified atom stereocenters. The van der Waals surface area contributed by atoms with Gasteiger partial charge in [-0.05, 0) is 0 Å². The zero-order valence-electron chi connectivity index (χ0n) is 18.0. The molecule has 6 aromatic rings. The Labute approximate surface area is 207 Å². The van der Waals surface area contributed by atoms with E-state index in [0.29, 0.717) is 16.6 Å². The number of nitrogens with zero attached hydrogens (tertiary/aromatic N) is 9. The summed E-state index contributed by atoms with van der Waals surface area (Å²) < 4.78 is 15.6. The van der Waals surface area contributed by atoms with Gasteiger partial charge in [-0.2, -0.15) is 0 Å². The van der Waals surface area contributed by atoms with E-state index in [9.17, 15) is 14.4 Å². The van der Waals surface area contributed by atoms with Gasteiger partial charge in [0.15, 0.2) is 16.9 Å². The van der Waals surface area contributed by atoms with E-state index in [1.165, 1.54) is 37.6 Å². The van der Waals surface area contributed by atoms with Crippen molar-refractivity contribution in [2.45, 2.75) is 0 Å². The van der Waals surface area contributed by atoms with Gasteiger partial charge in [-0.25, -0.2) is 59.2 Å². The SMILES string of the molecule is O=C([O][Al]([O]C(=O)c1ncc2[nH]cnc2n1)[O]C(=O)c1ncc2[nH]cnc2n1)c1ncc2[nH]cnc2n1. The fourth-order valence-corrected chi connectivity index (χ4v) is 3.98. The molecule has 6 rings (SSSR count). The van der Waals surface area contributed by atoms with Crippen molar-refractivity contribution < 1.29 is 25.7 Å². The van der Waals surface area contributed by atoms with Gasteiger partial charge in [-0.3, -0.25) is 0 Å². The Morgan fingerprint density at radius 1 is 0.541 bits per heavy atom. The van der Waals surface area contributed by atoms with Crippen molar-refractivity contribution in [3.05, 3.63) is 55.0 Å². The van der Waals surface area contributed by atoms with Crippen LogP contribution in [0.5, 0.6) is 0 Å². The fraction of sp³-hybridized carbons (Fsp3) is 0. The van der Waals surface area contributed by atoms with Crippen LogP contribution in [0.2, 0.25) is 0 Å². The van der Waals surface area contributed by atoms with E-state index in [4.69, 9.17) is 11.4 Å². The number of H-pyrrole nitrogens is 3. The molecule has 0 aliphatic heterocycles. The smallest absolute Gasteiger partial charge is 0.545 e. The van der Waals surface area contributed by atoms with Crippen LogP contribution in [0.3, 0.4) is 0 Å². The molecule has 0 aliphatic rings. The minimum atomic E-state index is -3.93. The van der Waals surface area contributed by atoms with Crippen molar-refractivity contribution in [2.24, 2.45) is 0 Å². The van der Waals surface area contributed by atoms with E-state index in [1.54, 1.807) is 0 Å². The molecule has 6 heterocycles. The molecule has 0 radical (unpaired) electrons. The summed E-state index contributed by atoms with van der Waals surface area (Å²) in [5, 5.41) is 0. The molecule has 6 aromatic heterocycles. The molecule has 0 fully saturated rings. The number of aromatic nitrogens is 12. The summed E-state index contributed by atoms with van der Waals surface area (Å²) in [5.41, 5.74) is 1.99. The van der Waals surface area contributed by atoms with Crippen molar-refractivity contribution in [1.29, 1.82) is 0 Å². The fourth-order valence-electron chi connectivity index (χ4n) is 3.00. The van der Waals surface area contributed by atoms with Crippen LogP contribution < -0.4 is 0 Å². The van der Waals surface area contributed by atoms with Gasteiger partial charge >= 0.3 is 33.1 Å². The van der Waals surface area contributed by atoms with Crippen LogP contribution in [-0.4, -0.2) is 92.9 Å². The third-order valence-corrected chi connectivity index (χ3v) is 5.90. The van der Waals surface area contributed by atoms with Crippen molar-refractivity contribution in [3.63, 3.8) is 0 Å². The van der Waals surface area contributed by atoms with Crippen LogP contribution in [0.15, 0.2) is 37.6 Å². The summed E-state index contributed by atoms with van der Waals surface area (Å²) in [6.07, 6.45) is 8.01. The van der Waals surface area contributed by atoms with Gasteiger partial charge in [-0.15, -0.1) is 0 Å². The van der Waals surface area contributed by atoms with E-state index >= 15 is 0 Å². The molecule has 0 aromatic carbocycles. The minimum Gasteiger partial charge on any atom is -0.545 e. The maximum Gasteiger partial charge on any atom is 1.20 e. The van der Waals surface area contributed by atoms with Gasteiger partial charge < -0.3 is 26.3 Å². The number of carbonyl (C=O) groups excluding carboxylic acids is 3. The van der Waals surface area contributed by atoms with E-state index in [1.807, 2.05) is 0 Å². The van der Waals surface area contributed by atoms with Gasteiger partial charge in [-0.1, -0.05) is 0 Å². The van der Waals surface area contributed by atoms with Crippen molar-refractivity contribution >= 4 is 66.5 Å². The molecule has 3 N–H and O–H groups in total. The normalized spacial score (nSPS) is 11.0. The topological polar surface area (TPSA) is 242 Å². The number of fused-ring (bicyclic) bond motifs is 3. The first-order valence-corrected chi connectivity index (χ1v) is 11.6. The zero-order valence-corrected chi connectivity index (χ0v) is 19.2. The number of nitrogens with one attached hydrogen (secondary N) is 3. The van der Waals surface area contributed by atoms with Crippen LogP contribution in [0.1, 0.15) is 31.9 Å². The van der Waals surface area contributed by atoms with E-state index < -0.39 is 50.5 Å². The van der Waals surface area contributed by atoms with E-state index in [2.05, 4.69) is 59.8 Å². The predicted octanol–water partition coefficient (Wildman–Crippen LogP) is -0.459. The molecule has 19 heteroatoms. The molecule has 0 saturated heterocycles. The lowest BCUT2D eigenvalue weighted by atomic mass is 10.5. The van der Waals surface area contributed by atoms with Gasteiger partial charge in [0.2, 0.25) is 17.5 Å². The van der Waals surface area contributed by atoms with Gasteiger partial charge in [0, 0.05) is 0 Å². The molecule has 18 nitrogen and oxygen atoms in total. The molecule has 0 spiro atoms. The Balaban J connectivity index is 1.26. The highest BCUT2D eigenvalue weighted by atomic mass is 27.3. The van der Waals surface area contributed by atoms with E-state index in [-0.39, 0.29) is 16.9 Å². The second-order valence-corrected chi connectivity index (χ2v) is 8.29. The lowest BCUT2D eigenvalue weighted by molar-refractivity contribution is 0.0394. The highest BCUT2D eigenvalue weighted by Gasteiger charge is 2.51. The van der Waals surface area contributed by atoms with Gasteiger partial charge in [0.25, 0.3) is 0 Å².